The molecule has 2 rings (SSSR count). The van der Waals surface area contributed by atoms with Gasteiger partial charge in [-0.3, -0.25) is 4.79 Å². The molecule has 1 fully saturated rings. The van der Waals surface area contributed by atoms with Gasteiger partial charge in [0.1, 0.15) is 5.78 Å². The van der Waals surface area contributed by atoms with Gasteiger partial charge in [-0.25, -0.2) is 0 Å². The molecule has 1 aliphatic carbocycles. The van der Waals surface area contributed by atoms with Gasteiger partial charge in [-0.15, -0.1) is 0 Å². The number of ketones is 1. The molecule has 0 radical (unpaired) electrons. The number of hydrogen-bond acceptors (Lipinski definition) is 3. The highest BCUT2D eigenvalue weighted by atomic mass is 16.3. The maximum atomic E-state index is 11.3. The topological polar surface area (TPSA) is 63.3 Å². The van der Waals surface area contributed by atoms with Gasteiger partial charge in [-0.05, 0) is 36.3 Å². The van der Waals surface area contributed by atoms with Crippen LogP contribution in [0, 0.1) is 5.41 Å². The second-order valence-corrected chi connectivity index (χ2v) is 5.07. The van der Waals surface area contributed by atoms with Gasteiger partial charge >= 0.3 is 0 Å². The summed E-state index contributed by atoms with van der Waals surface area (Å²) in [6.45, 7) is 0.134. The summed E-state index contributed by atoms with van der Waals surface area (Å²) in [5.41, 5.74) is 7.64. The molecule has 0 saturated heterocycles. The van der Waals surface area contributed by atoms with Gasteiger partial charge in [0.05, 0.1) is 0 Å². The molecule has 3 nitrogen and oxygen atoms in total. The lowest BCUT2D eigenvalue weighted by atomic mass is 9.70. The number of carbonyl (C=O) groups is 1. The SMILES string of the molecule is Nc1ccccc1CC1(CO)CCC(=O)CC1. The highest BCUT2D eigenvalue weighted by Crippen LogP contribution is 2.38. The Morgan fingerprint density at radius 1 is 1.24 bits per heavy atom. The molecule has 17 heavy (non-hydrogen) atoms. The van der Waals surface area contributed by atoms with Crippen molar-refractivity contribution in [2.45, 2.75) is 32.1 Å². The predicted octanol–water partition coefficient (Wildman–Crippen LogP) is 1.93. The van der Waals surface area contributed by atoms with Crippen molar-refractivity contribution in [1.29, 1.82) is 0 Å². The zero-order chi connectivity index (χ0) is 12.3. The van der Waals surface area contributed by atoms with Gasteiger partial charge < -0.3 is 10.8 Å². The van der Waals surface area contributed by atoms with E-state index in [-0.39, 0.29) is 12.0 Å². The summed E-state index contributed by atoms with van der Waals surface area (Å²) in [5.74, 6) is 0.315. The summed E-state index contributed by atoms with van der Waals surface area (Å²) in [7, 11) is 0. The van der Waals surface area contributed by atoms with Crippen LogP contribution in [-0.2, 0) is 11.2 Å². The average molecular weight is 233 g/mol. The van der Waals surface area contributed by atoms with Crippen molar-refractivity contribution >= 4 is 11.5 Å². The van der Waals surface area contributed by atoms with Crippen LogP contribution in [0.3, 0.4) is 0 Å². The summed E-state index contributed by atoms with van der Waals surface area (Å²) in [6, 6.07) is 7.76. The van der Waals surface area contributed by atoms with E-state index in [0.717, 1.165) is 30.5 Å². The normalized spacial score (nSPS) is 19.2. The molecule has 92 valence electrons. The number of benzene rings is 1. The number of para-hydroxylation sites is 1. The molecule has 0 aromatic heterocycles. The fourth-order valence-electron chi connectivity index (χ4n) is 2.55. The van der Waals surface area contributed by atoms with Crippen LogP contribution >= 0.6 is 0 Å². The molecular formula is C14H19NO2. The lowest BCUT2D eigenvalue weighted by Crippen LogP contribution is -2.33. The van der Waals surface area contributed by atoms with Crippen molar-refractivity contribution < 1.29 is 9.90 Å². The largest absolute Gasteiger partial charge is 0.399 e. The van der Waals surface area contributed by atoms with Crippen LogP contribution in [0.15, 0.2) is 24.3 Å². The third kappa shape index (κ3) is 2.67. The van der Waals surface area contributed by atoms with E-state index < -0.39 is 0 Å². The first-order valence-electron chi connectivity index (χ1n) is 6.11. The van der Waals surface area contributed by atoms with Gasteiger partial charge in [0, 0.05) is 25.1 Å². The number of anilines is 1. The minimum Gasteiger partial charge on any atom is -0.399 e. The number of carbonyl (C=O) groups excluding carboxylic acids is 1. The zero-order valence-electron chi connectivity index (χ0n) is 9.98. The van der Waals surface area contributed by atoms with Gasteiger partial charge in [0.15, 0.2) is 0 Å². The van der Waals surface area contributed by atoms with E-state index in [9.17, 15) is 9.90 Å². The Labute approximate surface area is 102 Å². The standard InChI is InChI=1S/C14H19NO2/c15-13-4-2-1-3-11(13)9-14(10-16)7-5-12(17)6-8-14/h1-4,16H,5-10,15H2. The average Bonchev–Trinajstić information content (AvgIpc) is 2.35. The van der Waals surface area contributed by atoms with Crippen LogP contribution in [0.25, 0.3) is 0 Å². The molecule has 0 atom stereocenters. The molecular weight excluding hydrogens is 214 g/mol. The van der Waals surface area contributed by atoms with Gasteiger partial charge in [0.2, 0.25) is 0 Å². The summed E-state index contributed by atoms with van der Waals surface area (Å²) in [5, 5.41) is 9.63. The molecule has 3 N–H and O–H groups in total. The second kappa shape index (κ2) is 4.88. The van der Waals surface area contributed by atoms with Crippen LogP contribution in [0.4, 0.5) is 5.69 Å². The van der Waals surface area contributed by atoms with Crippen LogP contribution in [0.5, 0.6) is 0 Å². The maximum Gasteiger partial charge on any atom is 0.132 e. The van der Waals surface area contributed by atoms with Gasteiger partial charge in [-0.1, -0.05) is 18.2 Å². The summed E-state index contributed by atoms with van der Waals surface area (Å²) < 4.78 is 0. The number of aliphatic hydroxyl groups excluding tert-OH is 1. The van der Waals surface area contributed by atoms with E-state index in [0.29, 0.717) is 18.6 Å². The molecule has 0 heterocycles. The molecule has 0 spiro atoms. The number of rotatable bonds is 3. The minimum absolute atomic E-state index is 0.134. The van der Waals surface area contributed by atoms with Gasteiger partial charge in [-0.2, -0.15) is 0 Å². The first-order chi connectivity index (χ1) is 8.15. The maximum absolute atomic E-state index is 11.3. The lowest BCUT2D eigenvalue weighted by molar-refractivity contribution is -0.123. The Hall–Kier alpha value is -1.35. The van der Waals surface area contributed by atoms with Crippen molar-refractivity contribution in [3.05, 3.63) is 29.8 Å². The van der Waals surface area contributed by atoms with Crippen LogP contribution < -0.4 is 5.73 Å². The lowest BCUT2D eigenvalue weighted by Gasteiger charge is -2.35. The molecule has 1 aromatic rings. The van der Waals surface area contributed by atoms with Crippen molar-refractivity contribution in [2.75, 3.05) is 12.3 Å². The highest BCUT2D eigenvalue weighted by molar-refractivity contribution is 5.79. The van der Waals surface area contributed by atoms with E-state index in [2.05, 4.69) is 0 Å². The van der Waals surface area contributed by atoms with Crippen LogP contribution in [-0.4, -0.2) is 17.5 Å². The quantitative estimate of drug-likeness (QED) is 0.784. The Bertz CT molecular complexity index is 404. The Morgan fingerprint density at radius 3 is 2.47 bits per heavy atom. The first-order valence-corrected chi connectivity index (χ1v) is 6.11. The molecule has 1 aromatic carbocycles. The third-order valence-electron chi connectivity index (χ3n) is 3.82. The summed E-state index contributed by atoms with van der Waals surface area (Å²) >= 11 is 0. The summed E-state index contributed by atoms with van der Waals surface area (Å²) in [6.07, 6.45) is 3.50. The molecule has 0 aliphatic heterocycles. The van der Waals surface area contributed by atoms with Crippen molar-refractivity contribution in [2.24, 2.45) is 5.41 Å². The third-order valence-corrected chi connectivity index (χ3v) is 3.82. The number of hydrogen-bond donors (Lipinski definition) is 2. The second-order valence-electron chi connectivity index (χ2n) is 5.07. The minimum atomic E-state index is -0.149. The molecule has 1 saturated carbocycles. The smallest absolute Gasteiger partial charge is 0.132 e. The number of aliphatic hydroxyl groups is 1. The van der Waals surface area contributed by atoms with E-state index in [1.165, 1.54) is 0 Å². The van der Waals surface area contributed by atoms with Crippen molar-refractivity contribution in [3.63, 3.8) is 0 Å². The Balaban J connectivity index is 2.15. The molecule has 1 aliphatic rings. The number of nitrogen functional groups attached to an aromatic ring is 1. The van der Waals surface area contributed by atoms with Crippen LogP contribution in [0.2, 0.25) is 0 Å². The first kappa shape index (κ1) is 12.1. The van der Waals surface area contributed by atoms with E-state index in [4.69, 9.17) is 5.73 Å². The molecule has 3 heteroatoms. The van der Waals surface area contributed by atoms with E-state index in [1.54, 1.807) is 0 Å². The van der Waals surface area contributed by atoms with Crippen molar-refractivity contribution in [1.82, 2.24) is 0 Å². The fraction of sp³-hybridized carbons (Fsp3) is 0.500. The van der Waals surface area contributed by atoms with Gasteiger partial charge in [0.25, 0.3) is 0 Å². The monoisotopic (exact) mass is 233 g/mol. The highest BCUT2D eigenvalue weighted by Gasteiger charge is 2.34. The molecule has 0 unspecified atom stereocenters. The summed E-state index contributed by atoms with van der Waals surface area (Å²) in [4.78, 5) is 11.3. The number of nitrogens with two attached hydrogens (primary N) is 1. The number of Topliss-reactive ketones (excluding diaryl/α,β-unsaturated/α-hetero) is 1. The predicted molar refractivity (Wildman–Crippen MR) is 67.6 cm³/mol. The van der Waals surface area contributed by atoms with Crippen molar-refractivity contribution in [3.8, 4) is 0 Å². The van der Waals surface area contributed by atoms with E-state index in [1.807, 2.05) is 24.3 Å². The van der Waals surface area contributed by atoms with E-state index >= 15 is 0 Å². The molecule has 0 amide bonds. The Morgan fingerprint density at radius 2 is 1.88 bits per heavy atom. The zero-order valence-corrected chi connectivity index (χ0v) is 9.98. The fourth-order valence-corrected chi connectivity index (χ4v) is 2.55. The van der Waals surface area contributed by atoms with Crippen LogP contribution in [0.1, 0.15) is 31.2 Å². The Kier molecular flexibility index (Phi) is 3.48. The molecule has 0 bridgehead atoms.